The molecule has 1 atom stereocenters. The first kappa shape index (κ1) is 14.2. The van der Waals surface area contributed by atoms with E-state index in [0.717, 1.165) is 12.4 Å². The largest absolute Gasteiger partial charge is 0.481 e. The molecular weight excluding hydrogens is 286 g/mol. The third kappa shape index (κ3) is 4.47. The number of nitrogens with zero attached hydrogens (tertiary/aromatic N) is 3. The van der Waals surface area contributed by atoms with Crippen molar-refractivity contribution in [3.05, 3.63) is 11.9 Å². The number of hydrogen-bond acceptors (Lipinski definition) is 5. The lowest BCUT2D eigenvalue weighted by molar-refractivity contribution is 0.201. The third-order valence-corrected chi connectivity index (χ3v) is 2.77. The Morgan fingerprint density at radius 2 is 2.12 bits per heavy atom. The van der Waals surface area contributed by atoms with Crippen LogP contribution in [0.1, 0.15) is 5.82 Å². The fraction of sp³-hybridized carbons (Fsp3) is 0.636. The van der Waals surface area contributed by atoms with Gasteiger partial charge in [-0.05, 0) is 6.92 Å². The molecule has 0 aliphatic rings. The summed E-state index contributed by atoms with van der Waals surface area (Å²) >= 11 is 3.55. The second-order valence-corrected chi connectivity index (χ2v) is 5.04. The first-order valence-corrected chi connectivity index (χ1v) is 6.22. The van der Waals surface area contributed by atoms with Gasteiger partial charge in [0.1, 0.15) is 11.6 Å². The van der Waals surface area contributed by atoms with Gasteiger partial charge in [0.25, 0.3) is 0 Å². The summed E-state index contributed by atoms with van der Waals surface area (Å²) in [4.78, 5) is 10.8. The molecule has 1 heterocycles. The number of alkyl halides is 1. The number of rotatable bonds is 6. The van der Waals surface area contributed by atoms with Gasteiger partial charge < -0.3 is 14.4 Å². The smallest absolute Gasteiger partial charge is 0.218 e. The van der Waals surface area contributed by atoms with Crippen molar-refractivity contribution in [1.82, 2.24) is 9.97 Å². The van der Waals surface area contributed by atoms with Crippen LogP contribution in [0.3, 0.4) is 0 Å². The van der Waals surface area contributed by atoms with Gasteiger partial charge in [-0.2, -0.15) is 4.98 Å². The molecule has 0 N–H and O–H groups in total. The highest BCUT2D eigenvalue weighted by molar-refractivity contribution is 9.09. The Labute approximate surface area is 110 Å². The van der Waals surface area contributed by atoms with E-state index < -0.39 is 0 Å². The molecule has 1 aromatic rings. The number of aromatic nitrogens is 2. The highest BCUT2D eigenvalue weighted by Gasteiger charge is 2.11. The molecule has 6 heteroatoms. The van der Waals surface area contributed by atoms with Gasteiger partial charge in [0, 0.05) is 26.8 Å². The zero-order chi connectivity index (χ0) is 12.8. The minimum Gasteiger partial charge on any atom is -0.481 e. The van der Waals surface area contributed by atoms with E-state index in [1.807, 2.05) is 24.9 Å². The SMILES string of the molecule is COCC(Br)CN(C)c1cc(OC)nc(C)n1. The monoisotopic (exact) mass is 303 g/mol. The summed E-state index contributed by atoms with van der Waals surface area (Å²) in [5.74, 6) is 2.12. The van der Waals surface area contributed by atoms with Gasteiger partial charge in [0.15, 0.2) is 0 Å². The molecule has 1 aromatic heterocycles. The molecule has 0 bridgehead atoms. The lowest BCUT2D eigenvalue weighted by Crippen LogP contribution is -2.29. The molecule has 0 spiro atoms. The van der Waals surface area contributed by atoms with E-state index in [2.05, 4.69) is 25.9 Å². The first-order valence-electron chi connectivity index (χ1n) is 5.30. The number of methoxy groups -OCH3 is 2. The quantitative estimate of drug-likeness (QED) is 0.748. The molecule has 0 saturated heterocycles. The van der Waals surface area contributed by atoms with Crippen LogP contribution >= 0.6 is 15.9 Å². The van der Waals surface area contributed by atoms with Gasteiger partial charge >= 0.3 is 0 Å². The van der Waals surface area contributed by atoms with Gasteiger partial charge in [-0.3, -0.25) is 0 Å². The Bertz CT molecular complexity index is 363. The number of halogens is 1. The van der Waals surface area contributed by atoms with Crippen molar-refractivity contribution in [2.75, 3.05) is 39.3 Å². The van der Waals surface area contributed by atoms with Crippen LogP contribution in [0.5, 0.6) is 5.88 Å². The summed E-state index contributed by atoms with van der Waals surface area (Å²) < 4.78 is 10.2. The maximum atomic E-state index is 5.12. The topological polar surface area (TPSA) is 47.5 Å². The Morgan fingerprint density at radius 1 is 1.41 bits per heavy atom. The molecule has 0 fully saturated rings. The van der Waals surface area contributed by atoms with Gasteiger partial charge in [0.2, 0.25) is 5.88 Å². The van der Waals surface area contributed by atoms with Crippen LogP contribution in [0.25, 0.3) is 0 Å². The van der Waals surface area contributed by atoms with Gasteiger partial charge in [-0.15, -0.1) is 0 Å². The first-order chi connectivity index (χ1) is 8.06. The second kappa shape index (κ2) is 6.76. The molecule has 1 rings (SSSR count). The van der Waals surface area contributed by atoms with E-state index >= 15 is 0 Å². The summed E-state index contributed by atoms with van der Waals surface area (Å²) in [7, 11) is 5.26. The van der Waals surface area contributed by atoms with Crippen LogP contribution in [-0.4, -0.2) is 49.2 Å². The van der Waals surface area contributed by atoms with Crippen LogP contribution in [0, 0.1) is 6.92 Å². The Hall–Kier alpha value is -0.880. The van der Waals surface area contributed by atoms with E-state index in [4.69, 9.17) is 9.47 Å². The average molecular weight is 304 g/mol. The van der Waals surface area contributed by atoms with Crippen molar-refractivity contribution < 1.29 is 9.47 Å². The standard InChI is InChI=1S/C11H18BrN3O2/c1-8-13-10(5-11(14-8)17-4)15(2)6-9(12)7-16-3/h5,9H,6-7H2,1-4H3. The molecular formula is C11H18BrN3O2. The zero-order valence-electron chi connectivity index (χ0n) is 10.6. The summed E-state index contributed by atoms with van der Waals surface area (Å²) in [6.07, 6.45) is 0. The third-order valence-electron chi connectivity index (χ3n) is 2.22. The van der Waals surface area contributed by atoms with E-state index in [1.165, 1.54) is 0 Å². The summed E-state index contributed by atoms with van der Waals surface area (Å²) in [5.41, 5.74) is 0. The highest BCUT2D eigenvalue weighted by Crippen LogP contribution is 2.17. The lowest BCUT2D eigenvalue weighted by Gasteiger charge is -2.21. The molecule has 96 valence electrons. The average Bonchev–Trinajstić information content (AvgIpc) is 2.28. The number of anilines is 1. The van der Waals surface area contributed by atoms with Crippen LogP contribution in [0.15, 0.2) is 6.07 Å². The van der Waals surface area contributed by atoms with E-state index in [9.17, 15) is 0 Å². The highest BCUT2D eigenvalue weighted by atomic mass is 79.9. The van der Waals surface area contributed by atoms with Gasteiger partial charge in [-0.1, -0.05) is 15.9 Å². The molecule has 0 aromatic carbocycles. The van der Waals surface area contributed by atoms with E-state index in [-0.39, 0.29) is 4.83 Å². The molecule has 0 amide bonds. The normalized spacial score (nSPS) is 12.3. The predicted molar refractivity (Wildman–Crippen MR) is 71.2 cm³/mol. The number of ether oxygens (including phenoxy) is 2. The molecule has 0 aliphatic heterocycles. The Balaban J connectivity index is 2.74. The predicted octanol–water partition coefficient (Wildman–Crippen LogP) is 1.64. The Morgan fingerprint density at radius 3 is 2.71 bits per heavy atom. The minimum absolute atomic E-state index is 0.263. The number of hydrogen-bond donors (Lipinski definition) is 0. The van der Waals surface area contributed by atoms with Crippen molar-refractivity contribution in [2.24, 2.45) is 0 Å². The van der Waals surface area contributed by atoms with Crippen LogP contribution < -0.4 is 9.64 Å². The molecule has 0 aliphatic carbocycles. The van der Waals surface area contributed by atoms with Crippen LogP contribution in [0.4, 0.5) is 5.82 Å². The van der Waals surface area contributed by atoms with Crippen molar-refractivity contribution in [3.8, 4) is 5.88 Å². The van der Waals surface area contributed by atoms with Gasteiger partial charge in [-0.25, -0.2) is 4.98 Å². The summed E-state index contributed by atoms with van der Waals surface area (Å²) in [5, 5.41) is 0. The molecule has 0 saturated carbocycles. The fourth-order valence-corrected chi connectivity index (χ4v) is 2.15. The second-order valence-electron chi connectivity index (χ2n) is 3.75. The van der Waals surface area contributed by atoms with Crippen molar-refractivity contribution in [2.45, 2.75) is 11.8 Å². The molecule has 1 unspecified atom stereocenters. The maximum absolute atomic E-state index is 5.12. The van der Waals surface area contributed by atoms with Crippen LogP contribution in [0.2, 0.25) is 0 Å². The lowest BCUT2D eigenvalue weighted by atomic mass is 10.4. The van der Waals surface area contributed by atoms with Gasteiger partial charge in [0.05, 0.1) is 18.5 Å². The zero-order valence-corrected chi connectivity index (χ0v) is 12.2. The Kier molecular flexibility index (Phi) is 5.64. The maximum Gasteiger partial charge on any atom is 0.218 e. The van der Waals surface area contributed by atoms with Crippen molar-refractivity contribution >= 4 is 21.7 Å². The fourth-order valence-electron chi connectivity index (χ4n) is 1.45. The minimum atomic E-state index is 0.263. The van der Waals surface area contributed by atoms with Crippen molar-refractivity contribution in [3.63, 3.8) is 0 Å². The summed E-state index contributed by atoms with van der Waals surface area (Å²) in [6, 6.07) is 1.82. The molecule has 0 radical (unpaired) electrons. The van der Waals surface area contributed by atoms with E-state index in [0.29, 0.717) is 18.3 Å². The molecule has 5 nitrogen and oxygen atoms in total. The van der Waals surface area contributed by atoms with Crippen LogP contribution in [-0.2, 0) is 4.74 Å². The number of aryl methyl sites for hydroxylation is 1. The summed E-state index contributed by atoms with van der Waals surface area (Å²) in [6.45, 7) is 3.31. The van der Waals surface area contributed by atoms with E-state index in [1.54, 1.807) is 14.2 Å². The molecule has 17 heavy (non-hydrogen) atoms. The van der Waals surface area contributed by atoms with Crippen molar-refractivity contribution in [1.29, 1.82) is 0 Å².